The van der Waals surface area contributed by atoms with Gasteiger partial charge in [-0.2, -0.15) is 0 Å². The van der Waals surface area contributed by atoms with E-state index < -0.39 is 6.04 Å². The quantitative estimate of drug-likeness (QED) is 0.747. The van der Waals surface area contributed by atoms with Crippen LogP contribution in [-0.2, 0) is 4.79 Å². The Hall–Kier alpha value is -2.04. The second-order valence-corrected chi connectivity index (χ2v) is 7.15. The van der Waals surface area contributed by atoms with Gasteiger partial charge in [0.15, 0.2) is 0 Å². The Labute approximate surface area is 150 Å². The number of nitrogens with one attached hydrogen (secondary N) is 1. The van der Waals surface area contributed by atoms with Crippen molar-refractivity contribution in [3.63, 3.8) is 0 Å². The largest absolute Gasteiger partial charge is 0.497 e. The average Bonchev–Trinajstić information content (AvgIpc) is 3.42. The second kappa shape index (κ2) is 8.88. The van der Waals surface area contributed by atoms with Crippen molar-refractivity contribution in [2.45, 2.75) is 46.1 Å². The van der Waals surface area contributed by atoms with E-state index >= 15 is 0 Å². The Kier molecular flexibility index (Phi) is 6.85. The van der Waals surface area contributed by atoms with Gasteiger partial charge in [-0.25, -0.2) is 0 Å². The molecule has 1 aliphatic rings. The van der Waals surface area contributed by atoms with Crippen molar-refractivity contribution < 1.29 is 14.3 Å². The second-order valence-electron chi connectivity index (χ2n) is 7.15. The van der Waals surface area contributed by atoms with Crippen LogP contribution in [0.15, 0.2) is 24.3 Å². The summed E-state index contributed by atoms with van der Waals surface area (Å²) in [5.74, 6) is 1.18. The van der Waals surface area contributed by atoms with Crippen LogP contribution >= 0.6 is 0 Å². The summed E-state index contributed by atoms with van der Waals surface area (Å²) in [4.78, 5) is 27.5. The van der Waals surface area contributed by atoms with E-state index in [9.17, 15) is 9.59 Å². The lowest BCUT2D eigenvalue weighted by Crippen LogP contribution is -2.51. The molecule has 0 spiro atoms. The predicted octanol–water partition coefficient (Wildman–Crippen LogP) is 3.10. The summed E-state index contributed by atoms with van der Waals surface area (Å²) < 4.78 is 5.12. The number of nitrogens with zero attached hydrogens (tertiary/aromatic N) is 1. The van der Waals surface area contributed by atoms with Crippen molar-refractivity contribution in [2.75, 3.05) is 20.2 Å². The number of ether oxygens (including phenoxy) is 1. The third-order valence-electron chi connectivity index (χ3n) is 4.55. The summed E-state index contributed by atoms with van der Waals surface area (Å²) in [7, 11) is 1.59. The lowest BCUT2D eigenvalue weighted by molar-refractivity contribution is -0.134. The number of carbonyl (C=O) groups excluding carboxylic acids is 2. The molecule has 1 atom stereocenters. The zero-order valence-corrected chi connectivity index (χ0v) is 15.7. The molecule has 0 saturated heterocycles. The molecule has 0 aromatic heterocycles. The number of carbonyl (C=O) groups is 2. The van der Waals surface area contributed by atoms with Gasteiger partial charge in [-0.3, -0.25) is 9.59 Å². The van der Waals surface area contributed by atoms with E-state index in [-0.39, 0.29) is 17.7 Å². The summed E-state index contributed by atoms with van der Waals surface area (Å²) in [6.07, 6.45) is 3.34. The van der Waals surface area contributed by atoms with Gasteiger partial charge in [0.2, 0.25) is 5.91 Å². The number of hydrogen-bond donors (Lipinski definition) is 1. The lowest BCUT2D eigenvalue weighted by Gasteiger charge is -2.30. The minimum absolute atomic E-state index is 0.0330. The van der Waals surface area contributed by atoms with Gasteiger partial charge >= 0.3 is 0 Å². The Morgan fingerprint density at radius 1 is 1.24 bits per heavy atom. The molecule has 138 valence electrons. The minimum Gasteiger partial charge on any atom is -0.497 e. The van der Waals surface area contributed by atoms with E-state index in [2.05, 4.69) is 12.2 Å². The molecule has 1 aromatic carbocycles. The molecule has 5 heteroatoms. The van der Waals surface area contributed by atoms with Gasteiger partial charge in [-0.15, -0.1) is 0 Å². The van der Waals surface area contributed by atoms with Crippen LogP contribution in [0, 0.1) is 11.8 Å². The first-order valence-corrected chi connectivity index (χ1v) is 9.20. The normalized spacial score (nSPS) is 14.9. The smallest absolute Gasteiger partial charge is 0.251 e. The Morgan fingerprint density at radius 3 is 2.36 bits per heavy atom. The number of amides is 2. The molecule has 0 heterocycles. The fourth-order valence-corrected chi connectivity index (χ4v) is 2.85. The SMILES string of the molecule is CCCN(CC1CC1)C(=O)[C@H](NC(=O)c1ccc(OC)cc1)C(C)C. The number of hydrogen-bond acceptors (Lipinski definition) is 3. The van der Waals surface area contributed by atoms with E-state index in [1.807, 2.05) is 18.7 Å². The van der Waals surface area contributed by atoms with Crippen molar-refractivity contribution >= 4 is 11.8 Å². The first kappa shape index (κ1) is 19.3. The summed E-state index contributed by atoms with van der Waals surface area (Å²) in [5.41, 5.74) is 0.531. The summed E-state index contributed by atoms with van der Waals surface area (Å²) in [6.45, 7) is 7.58. The minimum atomic E-state index is -0.500. The molecule has 1 fully saturated rings. The Morgan fingerprint density at radius 2 is 1.88 bits per heavy atom. The van der Waals surface area contributed by atoms with Gasteiger partial charge in [0.05, 0.1) is 7.11 Å². The topological polar surface area (TPSA) is 58.6 Å². The fourth-order valence-electron chi connectivity index (χ4n) is 2.85. The molecule has 1 aliphatic carbocycles. The van der Waals surface area contributed by atoms with E-state index in [4.69, 9.17) is 4.74 Å². The van der Waals surface area contributed by atoms with Crippen LogP contribution in [-0.4, -0.2) is 43.0 Å². The molecule has 1 aromatic rings. The number of benzene rings is 1. The van der Waals surface area contributed by atoms with E-state index in [0.29, 0.717) is 17.2 Å². The average molecular weight is 346 g/mol. The third-order valence-corrected chi connectivity index (χ3v) is 4.55. The first-order valence-electron chi connectivity index (χ1n) is 9.20. The zero-order chi connectivity index (χ0) is 18.4. The maximum atomic E-state index is 13.0. The van der Waals surface area contributed by atoms with Crippen molar-refractivity contribution in [3.8, 4) is 5.75 Å². The van der Waals surface area contributed by atoms with E-state index in [1.165, 1.54) is 12.8 Å². The predicted molar refractivity (Wildman–Crippen MR) is 98.7 cm³/mol. The highest BCUT2D eigenvalue weighted by atomic mass is 16.5. The molecule has 0 unspecified atom stereocenters. The molecule has 0 aliphatic heterocycles. The van der Waals surface area contributed by atoms with Crippen LogP contribution in [0.1, 0.15) is 50.4 Å². The maximum absolute atomic E-state index is 13.0. The van der Waals surface area contributed by atoms with Gasteiger partial charge in [0.25, 0.3) is 5.91 Å². The molecule has 2 amide bonds. The molecule has 1 saturated carbocycles. The molecular weight excluding hydrogens is 316 g/mol. The number of rotatable bonds is 9. The highest BCUT2D eigenvalue weighted by Crippen LogP contribution is 2.30. The van der Waals surface area contributed by atoms with Crippen LogP contribution in [0.25, 0.3) is 0 Å². The standard InChI is InChI=1S/C20H30N2O3/c1-5-12-22(13-15-6-7-15)20(24)18(14(2)3)21-19(23)16-8-10-17(25-4)11-9-16/h8-11,14-15,18H,5-7,12-13H2,1-4H3,(H,21,23)/t18-/m1/s1. The van der Waals surface area contributed by atoms with Crippen molar-refractivity contribution in [2.24, 2.45) is 11.8 Å². The molecule has 1 N–H and O–H groups in total. The molecule has 0 bridgehead atoms. The van der Waals surface area contributed by atoms with Crippen molar-refractivity contribution in [1.82, 2.24) is 10.2 Å². The molecule has 5 nitrogen and oxygen atoms in total. The van der Waals surface area contributed by atoms with Gasteiger partial charge in [-0.05, 0) is 55.4 Å². The summed E-state index contributed by atoms with van der Waals surface area (Å²) >= 11 is 0. The van der Waals surface area contributed by atoms with Crippen molar-refractivity contribution in [1.29, 1.82) is 0 Å². The van der Waals surface area contributed by atoms with Crippen LogP contribution in [0.5, 0.6) is 5.75 Å². The van der Waals surface area contributed by atoms with Gasteiger partial charge in [0.1, 0.15) is 11.8 Å². The molecular formula is C20H30N2O3. The molecule has 2 rings (SSSR count). The zero-order valence-electron chi connectivity index (χ0n) is 15.7. The molecule has 25 heavy (non-hydrogen) atoms. The van der Waals surface area contributed by atoms with Crippen LogP contribution in [0.3, 0.4) is 0 Å². The van der Waals surface area contributed by atoms with E-state index in [1.54, 1.807) is 31.4 Å². The number of methoxy groups -OCH3 is 1. The van der Waals surface area contributed by atoms with Gasteiger partial charge in [0, 0.05) is 18.7 Å². The molecule has 0 radical (unpaired) electrons. The lowest BCUT2D eigenvalue weighted by atomic mass is 10.0. The van der Waals surface area contributed by atoms with Gasteiger partial charge < -0.3 is 15.0 Å². The third kappa shape index (κ3) is 5.48. The van der Waals surface area contributed by atoms with Crippen LogP contribution < -0.4 is 10.1 Å². The van der Waals surface area contributed by atoms with Crippen LogP contribution in [0.2, 0.25) is 0 Å². The Balaban J connectivity index is 2.06. The van der Waals surface area contributed by atoms with E-state index in [0.717, 1.165) is 19.5 Å². The Bertz CT molecular complexity index is 579. The van der Waals surface area contributed by atoms with Gasteiger partial charge in [-0.1, -0.05) is 20.8 Å². The maximum Gasteiger partial charge on any atom is 0.251 e. The van der Waals surface area contributed by atoms with Crippen molar-refractivity contribution in [3.05, 3.63) is 29.8 Å². The first-order chi connectivity index (χ1) is 12.0. The van der Waals surface area contributed by atoms with Crippen LogP contribution in [0.4, 0.5) is 0 Å². The monoisotopic (exact) mass is 346 g/mol. The highest BCUT2D eigenvalue weighted by Gasteiger charge is 2.32. The fraction of sp³-hybridized carbons (Fsp3) is 0.600. The summed E-state index contributed by atoms with van der Waals surface area (Å²) in [6, 6.07) is 6.42. The highest BCUT2D eigenvalue weighted by molar-refractivity contribution is 5.97. The summed E-state index contributed by atoms with van der Waals surface area (Å²) in [5, 5.41) is 2.93.